The lowest BCUT2D eigenvalue weighted by Gasteiger charge is -2.53. The van der Waals surface area contributed by atoms with Gasteiger partial charge in [-0.25, -0.2) is 4.79 Å². The average molecular weight is 517 g/mol. The van der Waals surface area contributed by atoms with Crippen LogP contribution < -0.4 is 5.73 Å². The second-order valence-corrected chi connectivity index (χ2v) is 10.3. The zero-order chi connectivity index (χ0) is 27.4. The van der Waals surface area contributed by atoms with E-state index in [9.17, 15) is 39.6 Å². The van der Waals surface area contributed by atoms with Crippen molar-refractivity contribution in [2.75, 3.05) is 20.7 Å². The summed E-state index contributed by atoms with van der Waals surface area (Å²) >= 11 is 0. The summed E-state index contributed by atoms with van der Waals surface area (Å²) in [6.07, 6.45) is -0.0858. The number of hydrogen-bond acceptors (Lipinski definition) is 10. The Morgan fingerprint density at radius 2 is 1.89 bits per heavy atom. The van der Waals surface area contributed by atoms with Crippen molar-refractivity contribution in [1.82, 2.24) is 4.90 Å². The Morgan fingerprint density at radius 1 is 1.22 bits per heavy atom. The third-order valence-electron chi connectivity index (χ3n) is 7.93. The molecule has 11 heteroatoms. The number of phenols is 1. The molecule has 0 heterocycles. The van der Waals surface area contributed by atoms with Gasteiger partial charge in [-0.2, -0.15) is 0 Å². The fraction of sp³-hybridized carbons (Fsp3) is 0.538. The lowest BCUT2D eigenvalue weighted by atomic mass is 9.56. The Morgan fingerprint density at radius 3 is 2.49 bits per heavy atom. The van der Waals surface area contributed by atoms with Crippen LogP contribution in [0, 0.1) is 17.8 Å². The number of aliphatic hydroxyl groups excluding tert-OH is 2. The Labute approximate surface area is 213 Å². The lowest BCUT2D eigenvalue weighted by molar-refractivity contribution is -0.178. The maximum Gasteiger partial charge on any atom is 0.338 e. The molecule has 1 fully saturated rings. The van der Waals surface area contributed by atoms with Crippen LogP contribution in [0.2, 0.25) is 0 Å². The first-order valence-corrected chi connectivity index (χ1v) is 12.3. The number of ether oxygens (including phenoxy) is 1. The van der Waals surface area contributed by atoms with Gasteiger partial charge < -0.3 is 35.8 Å². The van der Waals surface area contributed by atoms with E-state index in [2.05, 4.69) is 0 Å². The lowest BCUT2D eigenvalue weighted by Crippen LogP contribution is -2.71. The van der Waals surface area contributed by atoms with Crippen molar-refractivity contribution in [2.45, 2.75) is 50.4 Å². The van der Waals surface area contributed by atoms with Crippen molar-refractivity contribution < 1.29 is 44.3 Å². The van der Waals surface area contributed by atoms with Crippen molar-refractivity contribution in [3.05, 3.63) is 40.2 Å². The number of fused-ring (bicyclic) bond motifs is 3. The predicted octanol–water partition coefficient (Wildman–Crippen LogP) is 0.243. The van der Waals surface area contributed by atoms with Crippen LogP contribution in [-0.4, -0.2) is 87.2 Å². The molecule has 4 rings (SSSR count). The Hall–Kier alpha value is -3.28. The zero-order valence-corrected chi connectivity index (χ0v) is 20.9. The SMILES string of the molecule is CCCCOC(=O)c1ccc(O)c2c1C[C@H]1C[C@H]3C(N(C)C)C(O)C(C(N)=O)C(=O)[C@@]3(O)C(O)=C1C2=O. The number of amides is 1. The highest BCUT2D eigenvalue weighted by Crippen LogP contribution is 2.52. The minimum Gasteiger partial charge on any atom is -0.508 e. The molecular formula is C26H32N2O9. The molecule has 0 spiro atoms. The van der Waals surface area contributed by atoms with Gasteiger partial charge in [-0.3, -0.25) is 14.4 Å². The van der Waals surface area contributed by atoms with Crippen LogP contribution >= 0.6 is 0 Å². The highest BCUT2D eigenvalue weighted by Gasteiger charge is 2.66. The molecule has 3 aliphatic rings. The summed E-state index contributed by atoms with van der Waals surface area (Å²) in [5, 5.41) is 44.4. The Bertz CT molecular complexity index is 1210. The van der Waals surface area contributed by atoms with Crippen molar-refractivity contribution >= 4 is 23.4 Å². The third-order valence-corrected chi connectivity index (χ3v) is 7.93. The van der Waals surface area contributed by atoms with Crippen molar-refractivity contribution in [3.8, 4) is 5.75 Å². The molecule has 0 saturated heterocycles. The van der Waals surface area contributed by atoms with E-state index in [1.807, 2.05) is 6.92 Å². The fourth-order valence-corrected chi connectivity index (χ4v) is 6.18. The molecule has 1 aromatic carbocycles. The largest absolute Gasteiger partial charge is 0.508 e. The number of unbranched alkanes of at least 4 members (excludes halogenated alkanes) is 1. The number of Topliss-reactive ketones (excluding diaryl/α,β-unsaturated/α-hetero) is 2. The molecule has 37 heavy (non-hydrogen) atoms. The third kappa shape index (κ3) is 3.92. The molecule has 1 amide bonds. The number of nitrogens with two attached hydrogens (primary N) is 1. The van der Waals surface area contributed by atoms with Gasteiger partial charge in [-0.15, -0.1) is 0 Å². The average Bonchev–Trinajstić information content (AvgIpc) is 2.81. The number of allylic oxidation sites excluding steroid dienone is 1. The van der Waals surface area contributed by atoms with E-state index in [1.54, 1.807) is 14.1 Å². The second kappa shape index (κ2) is 9.55. The normalized spacial score (nSPS) is 31.0. The van der Waals surface area contributed by atoms with E-state index < -0.39 is 70.5 Å². The highest BCUT2D eigenvalue weighted by molar-refractivity contribution is 6.16. The number of carbonyl (C=O) groups is 4. The molecule has 11 nitrogen and oxygen atoms in total. The van der Waals surface area contributed by atoms with Crippen LogP contribution in [-0.2, 0) is 20.7 Å². The predicted molar refractivity (Wildman–Crippen MR) is 129 cm³/mol. The standard InChI is InChI=1S/C26H32N2O9/c1-4-5-8-37-25(35)12-6-7-15(29)17-13(12)9-11-10-14-19(28(2)3)21(31)18(24(27)34)23(33)26(14,36)22(32)16(11)20(17)30/h6-7,11,14,18-19,21,29,31-32,36H,4-5,8-10H2,1-3H3,(H2,27,34)/t11-,14-,18?,19?,21?,26-/m0/s1. The number of likely N-dealkylation sites (N-methyl/N-ethyl adjacent to an activating group) is 1. The van der Waals surface area contributed by atoms with Gasteiger partial charge in [-0.05, 0) is 57.0 Å². The van der Waals surface area contributed by atoms with Gasteiger partial charge in [0.1, 0.15) is 17.4 Å². The van der Waals surface area contributed by atoms with E-state index in [0.29, 0.717) is 6.42 Å². The molecule has 0 radical (unpaired) electrons. The van der Waals surface area contributed by atoms with Gasteiger partial charge in [0.15, 0.2) is 17.2 Å². The first-order valence-electron chi connectivity index (χ1n) is 12.3. The number of hydrogen-bond donors (Lipinski definition) is 5. The van der Waals surface area contributed by atoms with Crippen LogP contribution in [0.25, 0.3) is 0 Å². The number of primary amides is 1. The fourth-order valence-electron chi connectivity index (χ4n) is 6.18. The van der Waals surface area contributed by atoms with Gasteiger partial charge >= 0.3 is 5.97 Å². The zero-order valence-electron chi connectivity index (χ0n) is 20.9. The van der Waals surface area contributed by atoms with Gasteiger partial charge in [0.25, 0.3) is 0 Å². The molecule has 0 aromatic heterocycles. The van der Waals surface area contributed by atoms with Gasteiger partial charge in [0.2, 0.25) is 5.91 Å². The summed E-state index contributed by atoms with van der Waals surface area (Å²) in [7, 11) is 3.17. The number of aliphatic hydroxyl groups is 3. The van der Waals surface area contributed by atoms with Gasteiger partial charge in [0, 0.05) is 17.5 Å². The number of rotatable bonds is 6. The van der Waals surface area contributed by atoms with E-state index >= 15 is 0 Å². The molecule has 3 aliphatic carbocycles. The summed E-state index contributed by atoms with van der Waals surface area (Å²) in [6.45, 7) is 2.13. The van der Waals surface area contributed by atoms with Crippen molar-refractivity contribution in [2.24, 2.45) is 23.5 Å². The summed E-state index contributed by atoms with van der Waals surface area (Å²) in [5.41, 5.74) is 2.58. The van der Waals surface area contributed by atoms with Crippen LogP contribution in [0.4, 0.5) is 0 Å². The number of benzene rings is 1. The summed E-state index contributed by atoms with van der Waals surface area (Å²) < 4.78 is 5.32. The highest BCUT2D eigenvalue weighted by atomic mass is 16.5. The molecule has 3 unspecified atom stereocenters. The molecule has 0 bridgehead atoms. The quantitative estimate of drug-likeness (QED) is 0.199. The molecular weight excluding hydrogens is 484 g/mol. The first kappa shape index (κ1) is 26.8. The minimum atomic E-state index is -2.65. The summed E-state index contributed by atoms with van der Waals surface area (Å²) in [5.74, 6) is -8.85. The van der Waals surface area contributed by atoms with Crippen LogP contribution in [0.15, 0.2) is 23.5 Å². The molecule has 6 atom stereocenters. The molecule has 6 N–H and O–H groups in total. The maximum atomic E-state index is 13.6. The molecule has 1 saturated carbocycles. The maximum absolute atomic E-state index is 13.6. The van der Waals surface area contributed by atoms with Crippen molar-refractivity contribution in [3.63, 3.8) is 0 Å². The number of carbonyl (C=O) groups excluding carboxylic acids is 4. The number of nitrogens with zero attached hydrogens (tertiary/aromatic N) is 1. The Balaban J connectivity index is 1.86. The van der Waals surface area contributed by atoms with Crippen molar-refractivity contribution in [1.29, 1.82) is 0 Å². The number of aromatic hydroxyl groups is 1. The van der Waals surface area contributed by atoms with Crippen LogP contribution in [0.3, 0.4) is 0 Å². The van der Waals surface area contributed by atoms with E-state index in [4.69, 9.17) is 10.5 Å². The first-order chi connectivity index (χ1) is 17.4. The smallest absolute Gasteiger partial charge is 0.338 e. The summed E-state index contributed by atoms with van der Waals surface area (Å²) in [4.78, 5) is 53.4. The number of esters is 1. The topological polar surface area (TPSA) is 188 Å². The van der Waals surface area contributed by atoms with Gasteiger partial charge in [-0.1, -0.05) is 13.3 Å². The monoisotopic (exact) mass is 516 g/mol. The minimum absolute atomic E-state index is 0.0296. The second-order valence-electron chi connectivity index (χ2n) is 10.3. The molecule has 1 aromatic rings. The van der Waals surface area contributed by atoms with Crippen LogP contribution in [0.5, 0.6) is 5.75 Å². The number of phenolic OH excluding ortho intramolecular Hbond substituents is 1. The molecule has 0 aliphatic heterocycles. The van der Waals surface area contributed by atoms with Gasteiger partial charge in [0.05, 0.1) is 23.8 Å². The molecule has 200 valence electrons. The van der Waals surface area contributed by atoms with E-state index in [0.717, 1.165) is 6.42 Å². The number of ketones is 2. The Kier molecular flexibility index (Phi) is 6.91. The van der Waals surface area contributed by atoms with E-state index in [-0.39, 0.29) is 41.7 Å². The van der Waals surface area contributed by atoms with E-state index in [1.165, 1.54) is 17.0 Å². The summed E-state index contributed by atoms with van der Waals surface area (Å²) in [6, 6.07) is 1.58. The van der Waals surface area contributed by atoms with Crippen LogP contribution in [0.1, 0.15) is 52.5 Å².